The average molecular weight is 310 g/mol. The van der Waals surface area contributed by atoms with E-state index in [1.54, 1.807) is 4.31 Å². The van der Waals surface area contributed by atoms with E-state index in [1.807, 2.05) is 26.0 Å². The minimum absolute atomic E-state index is 0.475. The molecule has 21 heavy (non-hydrogen) atoms. The van der Waals surface area contributed by atoms with Crippen LogP contribution in [0.1, 0.15) is 42.9 Å². The lowest BCUT2D eigenvalue weighted by Crippen LogP contribution is -2.28. The fourth-order valence-corrected chi connectivity index (χ4v) is 4.58. The molecule has 0 saturated carbocycles. The summed E-state index contributed by atoms with van der Waals surface area (Å²) < 4.78 is 27.1. The summed E-state index contributed by atoms with van der Waals surface area (Å²) >= 11 is 0. The number of rotatable bonds is 6. The van der Waals surface area contributed by atoms with Gasteiger partial charge in [0.15, 0.2) is 0 Å². The van der Waals surface area contributed by atoms with Gasteiger partial charge in [0.25, 0.3) is 0 Å². The molecule has 0 atom stereocenters. The maximum absolute atomic E-state index is 12.8. The number of nitrogens with one attached hydrogen (secondary N) is 1. The molecule has 1 aromatic rings. The molecule has 1 aliphatic rings. The van der Waals surface area contributed by atoms with Gasteiger partial charge < -0.3 is 5.32 Å². The van der Waals surface area contributed by atoms with Gasteiger partial charge in [-0.1, -0.05) is 13.0 Å². The van der Waals surface area contributed by atoms with Crippen molar-refractivity contribution in [1.29, 1.82) is 0 Å². The first-order valence-corrected chi connectivity index (χ1v) is 9.22. The smallest absolute Gasteiger partial charge is 0.243 e. The molecule has 0 amide bonds. The highest BCUT2D eigenvalue weighted by molar-refractivity contribution is 7.89. The number of hydrogen-bond donors (Lipinski definition) is 1. The summed E-state index contributed by atoms with van der Waals surface area (Å²) in [7, 11) is -3.33. The van der Waals surface area contributed by atoms with Crippen molar-refractivity contribution in [2.75, 3.05) is 19.6 Å². The maximum atomic E-state index is 12.8. The Hall–Kier alpha value is -0.910. The minimum atomic E-state index is -3.33. The molecule has 0 spiro atoms. The van der Waals surface area contributed by atoms with Crippen LogP contribution in [0.3, 0.4) is 0 Å². The van der Waals surface area contributed by atoms with Gasteiger partial charge in [0, 0.05) is 19.6 Å². The van der Waals surface area contributed by atoms with Crippen LogP contribution in [0.5, 0.6) is 0 Å². The van der Waals surface area contributed by atoms with Crippen LogP contribution in [-0.2, 0) is 16.6 Å². The molecule has 0 aliphatic carbocycles. The monoisotopic (exact) mass is 310 g/mol. The van der Waals surface area contributed by atoms with Crippen molar-refractivity contribution >= 4 is 10.0 Å². The third kappa shape index (κ3) is 3.65. The third-order valence-electron chi connectivity index (χ3n) is 4.06. The normalized spacial score (nSPS) is 16.5. The second kappa shape index (κ2) is 6.90. The lowest BCUT2D eigenvalue weighted by molar-refractivity contribution is 0.477. The minimum Gasteiger partial charge on any atom is -0.313 e. The van der Waals surface area contributed by atoms with E-state index in [2.05, 4.69) is 12.2 Å². The van der Waals surface area contributed by atoms with Gasteiger partial charge in [-0.2, -0.15) is 4.31 Å². The molecule has 1 aromatic carbocycles. The summed E-state index contributed by atoms with van der Waals surface area (Å²) in [6, 6.07) is 3.85. The molecule has 1 N–H and O–H groups in total. The van der Waals surface area contributed by atoms with E-state index in [4.69, 9.17) is 0 Å². The number of nitrogens with zero attached hydrogens (tertiary/aromatic N) is 1. The molecule has 1 aliphatic heterocycles. The zero-order valence-electron chi connectivity index (χ0n) is 13.3. The predicted molar refractivity (Wildman–Crippen MR) is 85.9 cm³/mol. The first-order chi connectivity index (χ1) is 9.96. The fraction of sp³-hybridized carbons (Fsp3) is 0.625. The number of hydrogen-bond acceptors (Lipinski definition) is 3. The van der Waals surface area contributed by atoms with Crippen molar-refractivity contribution in [3.8, 4) is 0 Å². The van der Waals surface area contributed by atoms with Crippen LogP contribution in [0.4, 0.5) is 0 Å². The van der Waals surface area contributed by atoms with Gasteiger partial charge in [-0.25, -0.2) is 8.42 Å². The molecule has 1 fully saturated rings. The Morgan fingerprint density at radius 1 is 1.14 bits per heavy atom. The first-order valence-electron chi connectivity index (χ1n) is 7.77. The Morgan fingerprint density at radius 2 is 1.81 bits per heavy atom. The summed E-state index contributed by atoms with van der Waals surface area (Å²) in [5.41, 5.74) is 3.07. The molecule has 0 bridgehead atoms. The van der Waals surface area contributed by atoms with E-state index in [9.17, 15) is 8.42 Å². The number of aryl methyl sites for hydroxylation is 2. The Balaban J connectivity index is 2.32. The van der Waals surface area contributed by atoms with Crippen molar-refractivity contribution in [3.05, 3.63) is 28.8 Å². The van der Waals surface area contributed by atoms with Crippen molar-refractivity contribution in [3.63, 3.8) is 0 Å². The Morgan fingerprint density at radius 3 is 2.43 bits per heavy atom. The molecule has 0 radical (unpaired) electrons. The molecule has 0 unspecified atom stereocenters. The summed E-state index contributed by atoms with van der Waals surface area (Å²) in [5.74, 6) is 0. The molecule has 1 saturated heterocycles. The van der Waals surface area contributed by atoms with E-state index >= 15 is 0 Å². The van der Waals surface area contributed by atoms with Crippen LogP contribution >= 0.6 is 0 Å². The highest BCUT2D eigenvalue weighted by Gasteiger charge is 2.28. The Labute approximate surface area is 128 Å². The van der Waals surface area contributed by atoms with Crippen LogP contribution in [0.25, 0.3) is 0 Å². The van der Waals surface area contributed by atoms with Crippen molar-refractivity contribution in [2.24, 2.45) is 0 Å². The molecule has 0 aromatic heterocycles. The molecular formula is C16H26N2O2S. The van der Waals surface area contributed by atoms with E-state index < -0.39 is 10.0 Å². The van der Waals surface area contributed by atoms with Gasteiger partial charge in [0.05, 0.1) is 4.90 Å². The standard InChI is InChI=1S/C16H26N2O2S/c1-4-7-17-12-15-11-16(14(3)10-13(15)2)21(19,20)18-8-5-6-9-18/h10-11,17H,4-9,12H2,1-3H3. The fourth-order valence-electron chi connectivity index (χ4n) is 2.81. The van der Waals surface area contributed by atoms with E-state index in [-0.39, 0.29) is 0 Å². The second-order valence-corrected chi connectivity index (χ2v) is 7.74. The van der Waals surface area contributed by atoms with Gasteiger partial charge in [-0.15, -0.1) is 0 Å². The first kappa shape index (κ1) is 16.5. The summed E-state index contributed by atoms with van der Waals surface area (Å²) in [5, 5.41) is 3.35. The highest BCUT2D eigenvalue weighted by Crippen LogP contribution is 2.26. The van der Waals surface area contributed by atoms with E-state index in [0.717, 1.165) is 49.0 Å². The van der Waals surface area contributed by atoms with Gasteiger partial charge in [-0.3, -0.25) is 0 Å². The molecule has 4 nitrogen and oxygen atoms in total. The van der Waals surface area contributed by atoms with Crippen LogP contribution in [-0.4, -0.2) is 32.4 Å². The molecule has 5 heteroatoms. The summed E-state index contributed by atoms with van der Waals surface area (Å²) in [4.78, 5) is 0.475. The number of benzene rings is 1. The van der Waals surface area contributed by atoms with Crippen molar-refractivity contribution in [1.82, 2.24) is 9.62 Å². The van der Waals surface area contributed by atoms with Gasteiger partial charge in [0.2, 0.25) is 10.0 Å². The third-order valence-corrected chi connectivity index (χ3v) is 6.10. The second-order valence-electron chi connectivity index (χ2n) is 5.83. The van der Waals surface area contributed by atoms with Gasteiger partial charge in [-0.05, 0) is 62.4 Å². The maximum Gasteiger partial charge on any atom is 0.243 e. The lowest BCUT2D eigenvalue weighted by Gasteiger charge is -2.19. The van der Waals surface area contributed by atoms with Crippen LogP contribution < -0.4 is 5.32 Å². The zero-order valence-corrected chi connectivity index (χ0v) is 14.1. The van der Waals surface area contributed by atoms with E-state index in [1.165, 1.54) is 0 Å². The topological polar surface area (TPSA) is 49.4 Å². The van der Waals surface area contributed by atoms with Crippen molar-refractivity contribution < 1.29 is 8.42 Å². The van der Waals surface area contributed by atoms with Gasteiger partial charge in [0.1, 0.15) is 0 Å². The molecular weight excluding hydrogens is 284 g/mol. The molecule has 118 valence electrons. The van der Waals surface area contributed by atoms with E-state index in [0.29, 0.717) is 18.0 Å². The Bertz CT molecular complexity index is 591. The number of sulfonamides is 1. The van der Waals surface area contributed by atoms with Gasteiger partial charge >= 0.3 is 0 Å². The highest BCUT2D eigenvalue weighted by atomic mass is 32.2. The largest absolute Gasteiger partial charge is 0.313 e. The van der Waals surface area contributed by atoms with Crippen LogP contribution in [0, 0.1) is 13.8 Å². The Kier molecular flexibility index (Phi) is 5.41. The van der Waals surface area contributed by atoms with Crippen molar-refractivity contribution in [2.45, 2.75) is 51.5 Å². The SMILES string of the molecule is CCCNCc1cc(S(=O)(=O)N2CCCC2)c(C)cc1C. The molecule has 2 rings (SSSR count). The lowest BCUT2D eigenvalue weighted by atomic mass is 10.1. The van der Waals surface area contributed by atoms with Crippen LogP contribution in [0.15, 0.2) is 17.0 Å². The average Bonchev–Trinajstić information content (AvgIpc) is 2.95. The quantitative estimate of drug-likeness (QED) is 0.822. The zero-order chi connectivity index (χ0) is 15.5. The summed E-state index contributed by atoms with van der Waals surface area (Å²) in [6.07, 6.45) is 3.01. The predicted octanol–water partition coefficient (Wildman–Crippen LogP) is 2.59. The molecule has 1 heterocycles. The summed E-state index contributed by atoms with van der Waals surface area (Å²) in [6.45, 7) is 9.03. The van der Waals surface area contributed by atoms with Crippen LogP contribution in [0.2, 0.25) is 0 Å².